The van der Waals surface area contributed by atoms with Crippen molar-refractivity contribution in [2.24, 2.45) is 4.40 Å². The first-order chi connectivity index (χ1) is 12.9. The molecule has 1 aliphatic rings. The predicted octanol–water partition coefficient (Wildman–Crippen LogP) is 4.71. The summed E-state index contributed by atoms with van der Waals surface area (Å²) < 4.78 is 28.5. The monoisotopic (exact) mass is 383 g/mol. The summed E-state index contributed by atoms with van der Waals surface area (Å²) in [5, 5.41) is 0. The van der Waals surface area contributed by atoms with Gasteiger partial charge in [-0.1, -0.05) is 60.2 Å². The minimum absolute atomic E-state index is 0.168. The smallest absolute Gasteiger partial charge is 0.172 e. The minimum Gasteiger partial charge on any atom is -0.344 e. The van der Waals surface area contributed by atoms with E-state index in [4.69, 9.17) is 9.47 Å². The molecule has 0 radical (unpaired) electrons. The van der Waals surface area contributed by atoms with Gasteiger partial charge in [0.05, 0.1) is 11.0 Å². The van der Waals surface area contributed by atoms with E-state index in [1.165, 1.54) is 0 Å². The molecule has 0 amide bonds. The van der Waals surface area contributed by atoms with E-state index in [-0.39, 0.29) is 12.2 Å². The molecule has 5 heteroatoms. The van der Waals surface area contributed by atoms with Gasteiger partial charge in [0.15, 0.2) is 16.8 Å². The van der Waals surface area contributed by atoms with Crippen molar-refractivity contribution >= 4 is 23.3 Å². The molecule has 0 aromatic heterocycles. The molecule has 1 saturated heterocycles. The van der Waals surface area contributed by atoms with E-state index in [0.717, 1.165) is 11.1 Å². The molecule has 0 aliphatic carbocycles. The van der Waals surface area contributed by atoms with Crippen LogP contribution >= 0.6 is 0 Å². The number of rotatable bonds is 6. The second-order valence-corrected chi connectivity index (χ2v) is 8.18. The molecule has 0 saturated carbocycles. The third-order valence-corrected chi connectivity index (χ3v) is 5.21. The maximum atomic E-state index is 12.4. The molecule has 1 heterocycles. The molecule has 4 nitrogen and oxygen atoms in total. The van der Waals surface area contributed by atoms with Crippen molar-refractivity contribution in [3.05, 3.63) is 71.8 Å². The standard InChI is InChI=1S/C22H25NO3S/c1-17-12-14-19(15-13-17)27(24)23-16-21-20(25-22(2,3)26-21)11-7-10-18-8-5-4-6-9-18/h4-10,12-16,20-21H,11H2,1-3H3/b10-7+,23-16+/t20-,21-,27?/m0/s1. The fourth-order valence-corrected chi connectivity index (χ4v) is 3.63. The minimum atomic E-state index is -1.45. The molecule has 1 fully saturated rings. The van der Waals surface area contributed by atoms with Crippen LogP contribution in [0, 0.1) is 6.92 Å². The zero-order chi connectivity index (χ0) is 19.3. The van der Waals surface area contributed by atoms with Gasteiger partial charge in [-0.2, -0.15) is 4.40 Å². The fourth-order valence-electron chi connectivity index (χ4n) is 2.90. The zero-order valence-corrected chi connectivity index (χ0v) is 16.7. The van der Waals surface area contributed by atoms with Gasteiger partial charge in [-0.05, 0) is 44.9 Å². The summed E-state index contributed by atoms with van der Waals surface area (Å²) in [6, 6.07) is 17.6. The van der Waals surface area contributed by atoms with Crippen LogP contribution in [0.2, 0.25) is 0 Å². The molecule has 3 rings (SSSR count). The summed E-state index contributed by atoms with van der Waals surface area (Å²) in [5.41, 5.74) is 2.26. The van der Waals surface area contributed by atoms with Gasteiger partial charge in [-0.3, -0.25) is 0 Å². The van der Waals surface area contributed by atoms with Gasteiger partial charge < -0.3 is 9.47 Å². The van der Waals surface area contributed by atoms with E-state index in [0.29, 0.717) is 11.3 Å². The van der Waals surface area contributed by atoms with Gasteiger partial charge in [0.25, 0.3) is 0 Å². The van der Waals surface area contributed by atoms with Gasteiger partial charge in [-0.25, -0.2) is 4.21 Å². The molecule has 3 atom stereocenters. The third kappa shape index (κ3) is 5.70. The maximum absolute atomic E-state index is 12.4. The molecule has 2 aromatic carbocycles. The molecule has 27 heavy (non-hydrogen) atoms. The van der Waals surface area contributed by atoms with E-state index in [1.54, 1.807) is 6.21 Å². The Hall–Kier alpha value is -2.08. The van der Waals surface area contributed by atoms with Gasteiger partial charge in [0, 0.05) is 6.21 Å². The first kappa shape index (κ1) is 19.7. The summed E-state index contributed by atoms with van der Waals surface area (Å²) in [6.45, 7) is 5.76. The van der Waals surface area contributed by atoms with E-state index in [9.17, 15) is 4.21 Å². The van der Waals surface area contributed by atoms with Crippen molar-refractivity contribution in [1.29, 1.82) is 0 Å². The molecule has 1 unspecified atom stereocenters. The first-order valence-corrected chi connectivity index (χ1v) is 10.1. The Bertz CT molecular complexity index is 828. The van der Waals surface area contributed by atoms with E-state index in [2.05, 4.69) is 28.7 Å². The van der Waals surface area contributed by atoms with Crippen LogP contribution in [-0.4, -0.2) is 28.4 Å². The topological polar surface area (TPSA) is 47.9 Å². The first-order valence-electron chi connectivity index (χ1n) is 9.03. The maximum Gasteiger partial charge on any atom is 0.172 e. The average Bonchev–Trinajstić information content (AvgIpc) is 2.95. The Balaban J connectivity index is 1.65. The molecule has 142 valence electrons. The lowest BCUT2D eigenvalue weighted by Gasteiger charge is -2.16. The Morgan fingerprint density at radius 3 is 2.48 bits per heavy atom. The van der Waals surface area contributed by atoms with Crippen molar-refractivity contribution in [1.82, 2.24) is 0 Å². The predicted molar refractivity (Wildman–Crippen MR) is 110 cm³/mol. The Morgan fingerprint density at radius 1 is 1.07 bits per heavy atom. The SMILES string of the molecule is Cc1ccc(S(=O)/N=C/[C@@H]2OC(C)(C)O[C@H]2C/C=C/c2ccccc2)cc1. The highest BCUT2D eigenvalue weighted by Gasteiger charge is 2.39. The van der Waals surface area contributed by atoms with Crippen molar-refractivity contribution in [2.45, 2.75) is 50.1 Å². The van der Waals surface area contributed by atoms with Crippen LogP contribution in [0.5, 0.6) is 0 Å². The van der Waals surface area contributed by atoms with Crippen LogP contribution in [0.1, 0.15) is 31.4 Å². The number of hydrogen-bond donors (Lipinski definition) is 0. The summed E-state index contributed by atoms with van der Waals surface area (Å²) in [7, 11) is -1.45. The van der Waals surface area contributed by atoms with E-state index in [1.807, 2.05) is 63.2 Å². The highest BCUT2D eigenvalue weighted by atomic mass is 32.2. The van der Waals surface area contributed by atoms with Crippen molar-refractivity contribution in [3.63, 3.8) is 0 Å². The lowest BCUT2D eigenvalue weighted by atomic mass is 10.1. The van der Waals surface area contributed by atoms with Crippen molar-refractivity contribution in [2.75, 3.05) is 0 Å². The van der Waals surface area contributed by atoms with Crippen LogP contribution in [0.25, 0.3) is 6.08 Å². The Morgan fingerprint density at radius 2 is 1.78 bits per heavy atom. The van der Waals surface area contributed by atoms with Crippen LogP contribution in [0.4, 0.5) is 0 Å². The second-order valence-electron chi connectivity index (χ2n) is 7.00. The van der Waals surface area contributed by atoms with Crippen LogP contribution in [0.3, 0.4) is 0 Å². The van der Waals surface area contributed by atoms with E-state index < -0.39 is 16.8 Å². The number of ether oxygens (including phenoxy) is 2. The van der Waals surface area contributed by atoms with Gasteiger partial charge >= 0.3 is 0 Å². The zero-order valence-electron chi connectivity index (χ0n) is 15.9. The molecule has 0 N–H and O–H groups in total. The third-order valence-electron chi connectivity index (χ3n) is 4.23. The molecule has 0 bridgehead atoms. The molecule has 2 aromatic rings. The van der Waals surface area contributed by atoms with Gasteiger partial charge in [0.1, 0.15) is 6.10 Å². The summed E-state index contributed by atoms with van der Waals surface area (Å²) in [5.74, 6) is -0.687. The molecular formula is C22H25NO3S. The van der Waals surface area contributed by atoms with Gasteiger partial charge in [-0.15, -0.1) is 0 Å². The molecular weight excluding hydrogens is 358 g/mol. The quantitative estimate of drug-likeness (QED) is 0.679. The highest BCUT2D eigenvalue weighted by Crippen LogP contribution is 2.29. The van der Waals surface area contributed by atoms with Crippen LogP contribution < -0.4 is 0 Å². The summed E-state index contributed by atoms with van der Waals surface area (Å²) >= 11 is 0. The molecule has 1 aliphatic heterocycles. The summed E-state index contributed by atoms with van der Waals surface area (Å²) in [4.78, 5) is 0.676. The number of aryl methyl sites for hydroxylation is 1. The van der Waals surface area contributed by atoms with E-state index >= 15 is 0 Å². The molecule has 0 spiro atoms. The fraction of sp³-hybridized carbons (Fsp3) is 0.318. The lowest BCUT2D eigenvalue weighted by Crippen LogP contribution is -2.23. The largest absolute Gasteiger partial charge is 0.344 e. The summed E-state index contributed by atoms with van der Waals surface area (Å²) in [6.07, 6.45) is 5.93. The normalized spacial score (nSPS) is 23.2. The highest BCUT2D eigenvalue weighted by molar-refractivity contribution is 7.83. The van der Waals surface area contributed by atoms with Crippen LogP contribution in [-0.2, 0) is 20.5 Å². The lowest BCUT2D eigenvalue weighted by molar-refractivity contribution is -0.141. The second kappa shape index (κ2) is 8.74. The Labute approximate surface area is 163 Å². The number of nitrogens with zero attached hydrogens (tertiary/aromatic N) is 1. The number of hydrogen-bond acceptors (Lipinski definition) is 3. The average molecular weight is 384 g/mol. The van der Waals surface area contributed by atoms with Crippen molar-refractivity contribution < 1.29 is 13.7 Å². The Kier molecular flexibility index (Phi) is 6.37. The number of benzene rings is 2. The van der Waals surface area contributed by atoms with Crippen LogP contribution in [0.15, 0.2) is 70.0 Å². The van der Waals surface area contributed by atoms with Gasteiger partial charge in [0.2, 0.25) is 0 Å². The van der Waals surface area contributed by atoms with Crippen molar-refractivity contribution in [3.8, 4) is 0 Å².